The summed E-state index contributed by atoms with van der Waals surface area (Å²) in [5.41, 5.74) is -0.541. The van der Waals surface area contributed by atoms with Crippen LogP contribution in [0.2, 0.25) is 0 Å². The summed E-state index contributed by atoms with van der Waals surface area (Å²) in [6, 6.07) is 2.89. The molecule has 39 heavy (non-hydrogen) atoms. The van der Waals surface area contributed by atoms with Crippen molar-refractivity contribution in [3.8, 4) is 0 Å². The van der Waals surface area contributed by atoms with Crippen molar-refractivity contribution in [3.05, 3.63) is 35.8 Å². The minimum absolute atomic E-state index is 0.00991. The molecule has 1 aromatic rings. The minimum Gasteiger partial charge on any atom is -0.459 e. The molecule has 8 nitrogen and oxygen atoms in total. The summed E-state index contributed by atoms with van der Waals surface area (Å²) >= 11 is 0. The Bertz CT molecular complexity index is 1140. The third-order valence-electron chi connectivity index (χ3n) is 10.8. The lowest BCUT2D eigenvalue weighted by molar-refractivity contribution is -0.123. The molecule has 11 atom stereocenters. The minimum atomic E-state index is -1.30. The van der Waals surface area contributed by atoms with Gasteiger partial charge in [-0.25, -0.2) is 4.39 Å². The lowest BCUT2D eigenvalue weighted by atomic mass is 9.46. The van der Waals surface area contributed by atoms with Crippen LogP contribution in [0.5, 0.6) is 0 Å². The maximum atomic E-state index is 14.3. The summed E-state index contributed by atoms with van der Waals surface area (Å²) in [6.45, 7) is 6.10. The number of aliphatic hydroxyl groups is 3. The molecule has 0 radical (unpaired) electrons. The van der Waals surface area contributed by atoms with Gasteiger partial charge in [-0.05, 0) is 86.5 Å². The molecule has 4 aliphatic carbocycles. The van der Waals surface area contributed by atoms with E-state index in [1.165, 1.54) is 13.4 Å². The van der Waals surface area contributed by atoms with Crippen molar-refractivity contribution in [2.24, 2.45) is 33.7 Å². The number of carbonyl (C=O) groups is 1. The molecule has 0 bridgehead atoms. The van der Waals surface area contributed by atoms with E-state index in [0.717, 1.165) is 18.4 Å². The molecule has 4 aliphatic rings. The number of hydrogen-bond donors (Lipinski definition) is 3. The van der Waals surface area contributed by atoms with Gasteiger partial charge in [0.25, 0.3) is 5.91 Å². The van der Waals surface area contributed by atoms with Crippen LogP contribution in [0.25, 0.3) is 0 Å². The van der Waals surface area contributed by atoms with Crippen molar-refractivity contribution >= 4 is 20.9 Å². The normalized spacial score (nSPS) is 42.1. The summed E-state index contributed by atoms with van der Waals surface area (Å²) in [5, 5.41) is 38.1. The van der Waals surface area contributed by atoms with Crippen molar-refractivity contribution < 1.29 is 33.8 Å². The zero-order valence-electron chi connectivity index (χ0n) is 23.2. The molecule has 3 N–H and O–H groups in total. The van der Waals surface area contributed by atoms with E-state index < -0.39 is 34.6 Å². The highest BCUT2D eigenvalue weighted by Gasteiger charge is 2.67. The number of oxime groups is 1. The Morgan fingerprint density at radius 3 is 2.67 bits per heavy atom. The first kappa shape index (κ1) is 28.7. The highest BCUT2D eigenvalue weighted by atomic mass is 31.0. The quantitative estimate of drug-likeness (QED) is 0.357. The summed E-state index contributed by atoms with van der Waals surface area (Å²) in [5.74, 6) is -1.66. The van der Waals surface area contributed by atoms with Crippen molar-refractivity contribution in [1.29, 1.82) is 0 Å². The largest absolute Gasteiger partial charge is 0.459 e. The number of rotatable bonds is 6. The van der Waals surface area contributed by atoms with Crippen LogP contribution in [0.4, 0.5) is 4.39 Å². The molecular weight excluding hydrogens is 522 g/mol. The van der Waals surface area contributed by atoms with Gasteiger partial charge < -0.3 is 29.5 Å². The molecule has 0 aromatic carbocycles. The van der Waals surface area contributed by atoms with Crippen LogP contribution in [-0.4, -0.2) is 75.3 Å². The highest BCUT2D eigenvalue weighted by Crippen LogP contribution is 2.67. The maximum absolute atomic E-state index is 14.3. The van der Waals surface area contributed by atoms with Crippen molar-refractivity contribution in [3.63, 3.8) is 0 Å². The molecule has 3 saturated carbocycles. The molecule has 216 valence electrons. The molecule has 0 aliphatic heterocycles. The number of allylic oxidation sites excluding steroid dienone is 1. The molecule has 1 amide bonds. The number of fused-ring (bicyclic) bond motifs is 5. The van der Waals surface area contributed by atoms with Crippen LogP contribution in [-0.2, 0) is 4.84 Å². The van der Waals surface area contributed by atoms with Crippen LogP contribution in [0, 0.1) is 28.6 Å². The number of carbonyl (C=O) groups excluding carboxylic acids is 1. The molecule has 1 aromatic heterocycles. The van der Waals surface area contributed by atoms with Gasteiger partial charge in [-0.1, -0.05) is 28.2 Å². The predicted molar refractivity (Wildman–Crippen MR) is 148 cm³/mol. The summed E-state index contributed by atoms with van der Waals surface area (Å²) in [6.07, 6.45) is 5.24. The average Bonchev–Trinajstić information content (AvgIpc) is 3.50. The smallest absolute Gasteiger partial charge is 0.289 e. The number of amides is 1. The maximum Gasteiger partial charge on any atom is 0.289 e. The van der Waals surface area contributed by atoms with Crippen molar-refractivity contribution in [2.75, 3.05) is 13.7 Å². The van der Waals surface area contributed by atoms with Crippen LogP contribution in [0.3, 0.4) is 0 Å². The van der Waals surface area contributed by atoms with Gasteiger partial charge in [-0.2, -0.15) is 0 Å². The molecule has 9 unspecified atom stereocenters. The molecule has 5 rings (SSSR count). The molecule has 1 heterocycles. The second-order valence-corrected chi connectivity index (χ2v) is 13.4. The lowest BCUT2D eigenvalue weighted by Crippen LogP contribution is -2.61. The Balaban J connectivity index is 1.52. The average molecular weight is 565 g/mol. The van der Waals surface area contributed by atoms with Gasteiger partial charge in [0.2, 0.25) is 0 Å². The number of aliphatic hydroxyl groups excluding tert-OH is 2. The number of hydrogen-bond acceptors (Lipinski definition) is 7. The second-order valence-electron chi connectivity index (χ2n) is 12.6. The van der Waals surface area contributed by atoms with E-state index in [1.807, 2.05) is 13.0 Å². The summed E-state index contributed by atoms with van der Waals surface area (Å²) < 4.78 is 19.7. The Hall–Kier alpha value is -1.80. The zero-order valence-corrected chi connectivity index (χ0v) is 24.4. The monoisotopic (exact) mass is 564 g/mol. The first-order valence-electron chi connectivity index (χ1n) is 14.0. The Kier molecular flexibility index (Phi) is 7.54. The number of halogens is 1. The fourth-order valence-electron chi connectivity index (χ4n) is 8.78. The second kappa shape index (κ2) is 10.2. The number of alkyl halides is 1. The van der Waals surface area contributed by atoms with Crippen LogP contribution in [0.15, 0.2) is 39.6 Å². The summed E-state index contributed by atoms with van der Waals surface area (Å²) in [4.78, 5) is 20.1. The lowest BCUT2D eigenvalue weighted by Gasteiger charge is -2.60. The Labute approximate surface area is 231 Å². The summed E-state index contributed by atoms with van der Waals surface area (Å²) in [7, 11) is 3.62. The van der Waals surface area contributed by atoms with E-state index in [9.17, 15) is 24.5 Å². The van der Waals surface area contributed by atoms with Gasteiger partial charge in [0.15, 0.2) is 5.76 Å². The van der Waals surface area contributed by atoms with Crippen LogP contribution < -0.4 is 0 Å². The van der Waals surface area contributed by atoms with Gasteiger partial charge in [0.05, 0.1) is 36.3 Å². The van der Waals surface area contributed by atoms with Gasteiger partial charge in [0, 0.05) is 17.4 Å². The van der Waals surface area contributed by atoms with Gasteiger partial charge in [0.1, 0.15) is 13.0 Å². The Morgan fingerprint density at radius 2 is 2.03 bits per heavy atom. The van der Waals surface area contributed by atoms with E-state index in [1.54, 1.807) is 17.0 Å². The standard InChI is InChI=1S/C29H42FN2O6P/c1-16(32(15-25(30)39)26(35)24-6-5-11-38-24)17-8-10-29(36)19-12-21(31-37-4)20-13-22(33)23(34)14-27(20,2)18(19)7-9-28(17,29)3/h5-6,11-12,16-18,20,22-23,25,33-34,36H,7-10,13-15,39H2,1-4H3/b31-21+/t16?,17?,18?,20?,22-,23?,25?,27?,28?,29-/m1/s1. The number of furan rings is 1. The van der Waals surface area contributed by atoms with Crippen LogP contribution in [0.1, 0.15) is 69.9 Å². The molecule has 10 heteroatoms. The molecule has 3 fully saturated rings. The van der Waals surface area contributed by atoms with Crippen LogP contribution >= 0.6 is 9.24 Å². The van der Waals surface area contributed by atoms with Gasteiger partial charge in [-0.15, -0.1) is 0 Å². The molecule has 0 spiro atoms. The first-order chi connectivity index (χ1) is 18.4. The van der Waals surface area contributed by atoms with E-state index >= 15 is 0 Å². The molecular formula is C29H42FN2O6P. The van der Waals surface area contributed by atoms with E-state index in [4.69, 9.17) is 9.25 Å². The fraction of sp³-hybridized carbons (Fsp3) is 0.724. The highest BCUT2D eigenvalue weighted by molar-refractivity contribution is 7.17. The van der Waals surface area contributed by atoms with E-state index in [-0.39, 0.29) is 42.0 Å². The molecule has 0 saturated heterocycles. The topological polar surface area (TPSA) is 116 Å². The van der Waals surface area contributed by atoms with Crippen molar-refractivity contribution in [1.82, 2.24) is 4.90 Å². The fourth-order valence-corrected chi connectivity index (χ4v) is 9.01. The Morgan fingerprint density at radius 1 is 1.28 bits per heavy atom. The van der Waals surface area contributed by atoms with Gasteiger partial charge in [-0.3, -0.25) is 4.79 Å². The first-order valence-corrected chi connectivity index (χ1v) is 14.7. The van der Waals surface area contributed by atoms with Crippen molar-refractivity contribution in [2.45, 2.75) is 89.1 Å². The van der Waals surface area contributed by atoms with E-state index in [2.05, 4.69) is 28.2 Å². The van der Waals surface area contributed by atoms with Gasteiger partial charge >= 0.3 is 0 Å². The third-order valence-corrected chi connectivity index (χ3v) is 11.1. The zero-order chi connectivity index (χ0) is 28.3. The third kappa shape index (κ3) is 4.39. The number of nitrogens with zero attached hydrogens (tertiary/aromatic N) is 2. The van der Waals surface area contributed by atoms with E-state index in [0.29, 0.717) is 31.4 Å². The SMILES string of the molecule is CO/N=C1\C=C2C(CCC3(C)C(C(C)N(CC(F)P)C(=O)c4ccco4)CC[C@@]23O)C2(C)CC(O)[C@H](O)CC12. The predicted octanol–water partition coefficient (Wildman–Crippen LogP) is 3.92.